The Hall–Kier alpha value is -1.09. The van der Waals surface area contributed by atoms with Crippen molar-refractivity contribution in [2.24, 2.45) is 0 Å². The molecule has 0 spiro atoms. The van der Waals surface area contributed by atoms with Crippen LogP contribution in [-0.4, -0.2) is 25.3 Å². The van der Waals surface area contributed by atoms with Crippen LogP contribution >= 0.6 is 11.6 Å². The molecule has 0 aliphatic heterocycles. The van der Waals surface area contributed by atoms with Crippen molar-refractivity contribution in [3.63, 3.8) is 0 Å². The standard InChI is InChI=1S/C13H17ClN2O2S/c1-4-10(3)16(5-2)19(17,18)13-8-11(9-15)6-7-12(13)14/h6-8,10H,4-5H2,1-3H3. The number of halogens is 1. The highest BCUT2D eigenvalue weighted by Gasteiger charge is 2.29. The van der Waals surface area contributed by atoms with E-state index in [1.165, 1.54) is 22.5 Å². The predicted molar refractivity (Wildman–Crippen MR) is 75.5 cm³/mol. The minimum atomic E-state index is -3.68. The summed E-state index contributed by atoms with van der Waals surface area (Å²) in [6, 6.07) is 6.08. The molecule has 4 nitrogen and oxygen atoms in total. The second kappa shape index (κ2) is 6.38. The van der Waals surface area contributed by atoms with E-state index in [-0.39, 0.29) is 21.5 Å². The number of nitrogens with zero attached hydrogens (tertiary/aromatic N) is 2. The molecule has 1 unspecified atom stereocenters. The molecule has 0 bridgehead atoms. The first kappa shape index (κ1) is 16.0. The van der Waals surface area contributed by atoms with Crippen LogP contribution in [0.5, 0.6) is 0 Å². The van der Waals surface area contributed by atoms with Gasteiger partial charge >= 0.3 is 0 Å². The first-order valence-electron chi connectivity index (χ1n) is 6.09. The Kier molecular flexibility index (Phi) is 5.36. The van der Waals surface area contributed by atoms with E-state index in [1.54, 1.807) is 6.92 Å². The van der Waals surface area contributed by atoms with Crippen molar-refractivity contribution in [3.8, 4) is 6.07 Å². The zero-order chi connectivity index (χ0) is 14.6. The molecule has 0 aromatic heterocycles. The topological polar surface area (TPSA) is 61.2 Å². The molecule has 0 aliphatic rings. The van der Waals surface area contributed by atoms with Crippen LogP contribution in [0.3, 0.4) is 0 Å². The predicted octanol–water partition coefficient (Wildman–Crippen LogP) is 3.02. The van der Waals surface area contributed by atoms with E-state index in [1.807, 2.05) is 19.9 Å². The van der Waals surface area contributed by atoms with E-state index in [9.17, 15) is 8.42 Å². The molecule has 0 radical (unpaired) electrons. The minimum Gasteiger partial charge on any atom is -0.207 e. The highest BCUT2D eigenvalue weighted by Crippen LogP contribution is 2.27. The normalized spacial score (nSPS) is 13.3. The van der Waals surface area contributed by atoms with Crippen LogP contribution in [0.4, 0.5) is 0 Å². The zero-order valence-corrected chi connectivity index (χ0v) is 12.8. The van der Waals surface area contributed by atoms with Crippen molar-refractivity contribution in [1.29, 1.82) is 5.26 Å². The monoisotopic (exact) mass is 300 g/mol. The van der Waals surface area contributed by atoms with Gasteiger partial charge in [-0.05, 0) is 31.5 Å². The lowest BCUT2D eigenvalue weighted by atomic mass is 10.2. The number of hydrogen-bond donors (Lipinski definition) is 0. The fourth-order valence-electron chi connectivity index (χ4n) is 1.82. The maximum absolute atomic E-state index is 12.6. The number of sulfonamides is 1. The van der Waals surface area contributed by atoms with Gasteiger partial charge in [0.1, 0.15) is 4.90 Å². The smallest absolute Gasteiger partial charge is 0.207 e. The Labute approximate surface area is 119 Å². The van der Waals surface area contributed by atoms with E-state index in [4.69, 9.17) is 16.9 Å². The molecule has 1 aromatic rings. The van der Waals surface area contributed by atoms with Crippen LogP contribution in [-0.2, 0) is 10.0 Å². The van der Waals surface area contributed by atoms with Gasteiger partial charge in [-0.3, -0.25) is 0 Å². The van der Waals surface area contributed by atoms with Crippen LogP contribution in [0.1, 0.15) is 32.8 Å². The number of nitriles is 1. The van der Waals surface area contributed by atoms with Crippen molar-refractivity contribution in [2.75, 3.05) is 6.54 Å². The van der Waals surface area contributed by atoms with Crippen LogP contribution in [0.2, 0.25) is 5.02 Å². The molecule has 0 fully saturated rings. The average molecular weight is 301 g/mol. The molecule has 1 atom stereocenters. The van der Waals surface area contributed by atoms with Gasteiger partial charge in [0.05, 0.1) is 16.7 Å². The lowest BCUT2D eigenvalue weighted by Gasteiger charge is -2.26. The second-order valence-corrected chi connectivity index (χ2v) is 6.49. The van der Waals surface area contributed by atoms with Gasteiger partial charge in [0.15, 0.2) is 0 Å². The highest BCUT2D eigenvalue weighted by molar-refractivity contribution is 7.89. The van der Waals surface area contributed by atoms with E-state index in [0.29, 0.717) is 13.0 Å². The van der Waals surface area contributed by atoms with Crippen LogP contribution in [0, 0.1) is 11.3 Å². The van der Waals surface area contributed by atoms with E-state index < -0.39 is 10.0 Å². The first-order valence-corrected chi connectivity index (χ1v) is 7.91. The molecule has 6 heteroatoms. The van der Waals surface area contributed by atoms with Gasteiger partial charge in [0.25, 0.3) is 0 Å². The molecule has 0 amide bonds. The van der Waals surface area contributed by atoms with Crippen molar-refractivity contribution in [2.45, 2.75) is 38.1 Å². The average Bonchev–Trinajstić information content (AvgIpc) is 2.39. The highest BCUT2D eigenvalue weighted by atomic mass is 35.5. The van der Waals surface area contributed by atoms with Crippen molar-refractivity contribution < 1.29 is 8.42 Å². The van der Waals surface area contributed by atoms with Crippen LogP contribution < -0.4 is 0 Å². The second-order valence-electron chi connectivity index (χ2n) is 4.22. The molecule has 0 saturated carbocycles. The van der Waals surface area contributed by atoms with E-state index >= 15 is 0 Å². The lowest BCUT2D eigenvalue weighted by Crippen LogP contribution is -2.38. The summed E-state index contributed by atoms with van der Waals surface area (Å²) in [6.45, 7) is 5.93. The maximum Gasteiger partial charge on any atom is 0.244 e. The Balaban J connectivity index is 3.38. The Bertz CT molecular complexity index is 593. The quantitative estimate of drug-likeness (QED) is 0.839. The Morgan fingerprint density at radius 1 is 1.42 bits per heavy atom. The minimum absolute atomic E-state index is 0.00429. The number of hydrogen-bond acceptors (Lipinski definition) is 3. The zero-order valence-electron chi connectivity index (χ0n) is 11.2. The summed E-state index contributed by atoms with van der Waals surface area (Å²) >= 11 is 5.97. The summed E-state index contributed by atoms with van der Waals surface area (Å²) < 4.78 is 26.6. The van der Waals surface area contributed by atoms with E-state index in [2.05, 4.69) is 0 Å². The third kappa shape index (κ3) is 3.27. The van der Waals surface area contributed by atoms with Gasteiger partial charge < -0.3 is 0 Å². The summed E-state index contributed by atoms with van der Waals surface area (Å²) in [5.41, 5.74) is 0.281. The van der Waals surface area contributed by atoms with Gasteiger partial charge in [0.2, 0.25) is 10.0 Å². The van der Waals surface area contributed by atoms with Crippen molar-refractivity contribution in [1.82, 2.24) is 4.31 Å². The van der Waals surface area contributed by atoms with Crippen LogP contribution in [0.15, 0.2) is 23.1 Å². The molecule has 0 heterocycles. The first-order chi connectivity index (χ1) is 8.88. The lowest BCUT2D eigenvalue weighted by molar-refractivity contribution is 0.342. The molecule has 19 heavy (non-hydrogen) atoms. The SMILES string of the molecule is CCC(C)N(CC)S(=O)(=O)c1cc(C#N)ccc1Cl. The summed E-state index contributed by atoms with van der Waals surface area (Å²) in [4.78, 5) is -0.00429. The number of benzene rings is 1. The Morgan fingerprint density at radius 2 is 2.05 bits per heavy atom. The number of rotatable bonds is 5. The summed E-state index contributed by atoms with van der Waals surface area (Å²) in [5, 5.41) is 9.01. The summed E-state index contributed by atoms with van der Waals surface area (Å²) in [6.07, 6.45) is 0.711. The molecule has 0 N–H and O–H groups in total. The van der Waals surface area contributed by atoms with E-state index in [0.717, 1.165) is 0 Å². The molecule has 0 saturated heterocycles. The van der Waals surface area contributed by atoms with Crippen molar-refractivity contribution in [3.05, 3.63) is 28.8 Å². The Morgan fingerprint density at radius 3 is 2.53 bits per heavy atom. The fraction of sp³-hybridized carbons (Fsp3) is 0.462. The third-order valence-corrected chi connectivity index (χ3v) is 5.61. The molecule has 1 rings (SSSR count). The molecule has 1 aromatic carbocycles. The molecule has 0 aliphatic carbocycles. The van der Waals surface area contributed by atoms with Gasteiger partial charge in [-0.1, -0.05) is 25.4 Å². The third-order valence-electron chi connectivity index (χ3n) is 3.04. The van der Waals surface area contributed by atoms with Gasteiger partial charge in [0, 0.05) is 12.6 Å². The summed E-state index contributed by atoms with van der Waals surface area (Å²) in [5.74, 6) is 0. The maximum atomic E-state index is 12.6. The van der Waals surface area contributed by atoms with Gasteiger partial charge in [-0.2, -0.15) is 9.57 Å². The van der Waals surface area contributed by atoms with Gasteiger partial charge in [-0.25, -0.2) is 8.42 Å². The van der Waals surface area contributed by atoms with Gasteiger partial charge in [-0.15, -0.1) is 0 Å². The molecule has 104 valence electrons. The largest absolute Gasteiger partial charge is 0.244 e. The van der Waals surface area contributed by atoms with Crippen LogP contribution in [0.25, 0.3) is 0 Å². The summed E-state index contributed by atoms with van der Waals surface area (Å²) in [7, 11) is -3.68. The fourth-order valence-corrected chi connectivity index (χ4v) is 4.03. The molecular weight excluding hydrogens is 284 g/mol. The van der Waals surface area contributed by atoms with Crippen molar-refractivity contribution >= 4 is 21.6 Å². The molecular formula is C13H17ClN2O2S.